The van der Waals surface area contributed by atoms with E-state index in [1.54, 1.807) is 6.26 Å². The highest BCUT2D eigenvalue weighted by atomic mass is 32.1. The third-order valence-electron chi connectivity index (χ3n) is 3.70. The molecule has 0 aliphatic heterocycles. The second-order valence-corrected chi connectivity index (χ2v) is 6.50. The topological polar surface area (TPSA) is 55.1 Å². The van der Waals surface area contributed by atoms with Crippen LogP contribution < -0.4 is 5.32 Å². The molecule has 4 rings (SSSR count). The van der Waals surface area contributed by atoms with Gasteiger partial charge >= 0.3 is 0 Å². The summed E-state index contributed by atoms with van der Waals surface area (Å²) in [4.78, 5) is 16.7. The fraction of sp³-hybridized carbons (Fsp3) is 0.111. The minimum Gasteiger partial charge on any atom is -0.464 e. The first-order valence-electron chi connectivity index (χ1n) is 7.31. The summed E-state index contributed by atoms with van der Waals surface area (Å²) in [7, 11) is 0. The minimum atomic E-state index is -0.0896. The number of aryl methyl sites for hydroxylation is 1. The van der Waals surface area contributed by atoms with Crippen LogP contribution in [0.3, 0.4) is 0 Å². The van der Waals surface area contributed by atoms with Crippen LogP contribution in [0.2, 0.25) is 0 Å². The number of carbonyl (C=O) groups excluding carboxylic acids is 1. The number of amides is 1. The van der Waals surface area contributed by atoms with Crippen LogP contribution in [-0.4, -0.2) is 10.9 Å². The number of hydrogen-bond donors (Lipinski definition) is 1. The lowest BCUT2D eigenvalue weighted by Gasteiger charge is -2.00. The van der Waals surface area contributed by atoms with Gasteiger partial charge in [-0.3, -0.25) is 4.79 Å². The number of anilines is 1. The number of furan rings is 1. The van der Waals surface area contributed by atoms with Crippen LogP contribution in [0.25, 0.3) is 21.2 Å². The Bertz CT molecular complexity index is 983. The number of carbonyl (C=O) groups is 1. The summed E-state index contributed by atoms with van der Waals surface area (Å²) in [5, 5.41) is 4.49. The molecule has 0 unspecified atom stereocenters. The number of nitrogens with one attached hydrogen (secondary N) is 1. The van der Waals surface area contributed by atoms with Crippen LogP contribution in [-0.2, 0) is 11.2 Å². The molecule has 2 aromatic heterocycles. The van der Waals surface area contributed by atoms with Crippen molar-refractivity contribution in [1.82, 2.24) is 4.98 Å². The predicted octanol–water partition coefficient (Wildman–Crippen LogP) is 4.53. The third kappa shape index (κ3) is 2.71. The monoisotopic (exact) mass is 322 g/mol. The Kier molecular flexibility index (Phi) is 3.35. The van der Waals surface area contributed by atoms with Crippen molar-refractivity contribution in [3.63, 3.8) is 0 Å². The van der Waals surface area contributed by atoms with E-state index >= 15 is 0 Å². The van der Waals surface area contributed by atoms with E-state index < -0.39 is 0 Å². The molecule has 2 aromatic carbocycles. The van der Waals surface area contributed by atoms with Crippen molar-refractivity contribution in [3.05, 3.63) is 59.9 Å². The molecule has 114 valence electrons. The van der Waals surface area contributed by atoms with E-state index in [1.807, 2.05) is 49.4 Å². The van der Waals surface area contributed by atoms with Gasteiger partial charge in [0, 0.05) is 10.9 Å². The van der Waals surface area contributed by atoms with Gasteiger partial charge in [0.25, 0.3) is 0 Å². The van der Waals surface area contributed by atoms with Gasteiger partial charge in [0.05, 0.1) is 22.9 Å². The smallest absolute Gasteiger partial charge is 0.230 e. The number of fused-ring (bicyclic) bond motifs is 2. The van der Waals surface area contributed by atoms with Crippen LogP contribution in [0.15, 0.2) is 53.1 Å². The molecule has 0 atom stereocenters. The molecular weight excluding hydrogens is 308 g/mol. The molecular formula is C18H14N2O2S. The Balaban J connectivity index is 1.56. The minimum absolute atomic E-state index is 0.0896. The Morgan fingerprint density at radius 1 is 1.26 bits per heavy atom. The Morgan fingerprint density at radius 2 is 2.13 bits per heavy atom. The van der Waals surface area contributed by atoms with Crippen LogP contribution in [0, 0.1) is 6.92 Å². The molecule has 0 aliphatic rings. The van der Waals surface area contributed by atoms with Gasteiger partial charge < -0.3 is 9.73 Å². The fourth-order valence-corrected chi connectivity index (χ4v) is 3.48. The summed E-state index contributed by atoms with van der Waals surface area (Å²) in [5.41, 5.74) is 3.74. The van der Waals surface area contributed by atoms with Crippen molar-refractivity contribution < 1.29 is 9.21 Å². The number of thiazole rings is 1. The first-order chi connectivity index (χ1) is 11.2. The van der Waals surface area contributed by atoms with Gasteiger partial charge in [-0.05, 0) is 31.2 Å². The first kappa shape index (κ1) is 14.0. The summed E-state index contributed by atoms with van der Waals surface area (Å²) in [6, 6.07) is 13.8. The highest BCUT2D eigenvalue weighted by Gasteiger charge is 2.12. The van der Waals surface area contributed by atoms with Crippen molar-refractivity contribution in [3.8, 4) is 0 Å². The number of para-hydroxylation sites is 1. The van der Waals surface area contributed by atoms with Crippen molar-refractivity contribution in [2.75, 3.05) is 5.32 Å². The average Bonchev–Trinajstić information content (AvgIpc) is 3.10. The van der Waals surface area contributed by atoms with Crippen molar-refractivity contribution in [2.24, 2.45) is 0 Å². The highest BCUT2D eigenvalue weighted by Crippen LogP contribution is 2.26. The zero-order chi connectivity index (χ0) is 15.8. The highest BCUT2D eigenvalue weighted by molar-refractivity contribution is 7.22. The molecule has 0 saturated heterocycles. The van der Waals surface area contributed by atoms with E-state index in [0.29, 0.717) is 5.13 Å². The van der Waals surface area contributed by atoms with Crippen molar-refractivity contribution in [2.45, 2.75) is 13.3 Å². The van der Waals surface area contributed by atoms with Crippen molar-refractivity contribution >= 4 is 43.6 Å². The number of rotatable bonds is 3. The second kappa shape index (κ2) is 5.52. The lowest BCUT2D eigenvalue weighted by Crippen LogP contribution is -2.13. The van der Waals surface area contributed by atoms with Gasteiger partial charge in [0.15, 0.2) is 5.13 Å². The van der Waals surface area contributed by atoms with Crippen LogP contribution in [0.4, 0.5) is 5.13 Å². The third-order valence-corrected chi connectivity index (χ3v) is 4.65. The number of nitrogens with zero attached hydrogens (tertiary/aromatic N) is 1. The second-order valence-electron chi connectivity index (χ2n) is 5.47. The number of hydrogen-bond acceptors (Lipinski definition) is 4. The van der Waals surface area contributed by atoms with Crippen LogP contribution >= 0.6 is 11.3 Å². The normalized spacial score (nSPS) is 11.2. The summed E-state index contributed by atoms with van der Waals surface area (Å²) in [6.07, 6.45) is 1.93. The average molecular weight is 322 g/mol. The molecule has 4 nitrogen and oxygen atoms in total. The molecule has 2 heterocycles. The largest absolute Gasteiger partial charge is 0.464 e. The van der Waals surface area contributed by atoms with Gasteiger partial charge in [0.1, 0.15) is 5.58 Å². The maximum Gasteiger partial charge on any atom is 0.230 e. The molecule has 0 fully saturated rings. The van der Waals surface area contributed by atoms with E-state index in [0.717, 1.165) is 32.3 Å². The SMILES string of the molecule is Cc1ccc2occ(CC(=O)Nc3nc4ccccc4s3)c2c1. The van der Waals surface area contributed by atoms with Gasteiger partial charge in [-0.15, -0.1) is 0 Å². The molecule has 4 aromatic rings. The van der Waals surface area contributed by atoms with Gasteiger partial charge in [-0.25, -0.2) is 4.98 Å². The molecule has 0 aliphatic carbocycles. The predicted molar refractivity (Wildman–Crippen MR) is 92.9 cm³/mol. The van der Waals surface area contributed by atoms with E-state index in [-0.39, 0.29) is 12.3 Å². The maximum absolute atomic E-state index is 12.3. The molecule has 1 amide bonds. The zero-order valence-corrected chi connectivity index (χ0v) is 13.3. The van der Waals surface area contributed by atoms with Crippen LogP contribution in [0.5, 0.6) is 0 Å². The molecule has 0 saturated carbocycles. The lowest BCUT2D eigenvalue weighted by molar-refractivity contribution is -0.115. The Morgan fingerprint density at radius 3 is 3.00 bits per heavy atom. The fourth-order valence-electron chi connectivity index (χ4n) is 2.59. The first-order valence-corrected chi connectivity index (χ1v) is 8.13. The standard InChI is InChI=1S/C18H14N2O2S/c1-11-6-7-15-13(8-11)12(10-22-15)9-17(21)20-18-19-14-4-2-3-5-16(14)23-18/h2-8,10H,9H2,1H3,(H,19,20,21). The lowest BCUT2D eigenvalue weighted by atomic mass is 10.1. The summed E-state index contributed by atoms with van der Waals surface area (Å²) in [6.45, 7) is 2.03. The molecule has 23 heavy (non-hydrogen) atoms. The van der Waals surface area contributed by atoms with Gasteiger partial charge in [-0.2, -0.15) is 0 Å². The van der Waals surface area contributed by atoms with E-state index in [4.69, 9.17) is 4.42 Å². The molecule has 0 spiro atoms. The molecule has 0 radical (unpaired) electrons. The Hall–Kier alpha value is -2.66. The van der Waals surface area contributed by atoms with E-state index in [9.17, 15) is 4.79 Å². The van der Waals surface area contributed by atoms with E-state index in [2.05, 4.69) is 10.3 Å². The van der Waals surface area contributed by atoms with E-state index in [1.165, 1.54) is 11.3 Å². The Labute approximate surface area is 136 Å². The quantitative estimate of drug-likeness (QED) is 0.603. The van der Waals surface area contributed by atoms with Gasteiger partial charge in [0.2, 0.25) is 5.91 Å². The molecule has 0 bridgehead atoms. The molecule has 5 heteroatoms. The zero-order valence-electron chi connectivity index (χ0n) is 12.5. The van der Waals surface area contributed by atoms with Crippen molar-refractivity contribution in [1.29, 1.82) is 0 Å². The molecule has 1 N–H and O–H groups in total. The summed E-state index contributed by atoms with van der Waals surface area (Å²) in [5.74, 6) is -0.0896. The number of aromatic nitrogens is 1. The number of benzene rings is 2. The van der Waals surface area contributed by atoms with Crippen LogP contribution in [0.1, 0.15) is 11.1 Å². The maximum atomic E-state index is 12.3. The summed E-state index contributed by atoms with van der Waals surface area (Å²) < 4.78 is 6.57. The van der Waals surface area contributed by atoms with Gasteiger partial charge in [-0.1, -0.05) is 35.1 Å². The summed E-state index contributed by atoms with van der Waals surface area (Å²) >= 11 is 1.48.